The number of carbonyl (C=O) groups excluding carboxylic acids is 1. The summed E-state index contributed by atoms with van der Waals surface area (Å²) in [5.74, 6) is -2.51. The molecule has 0 radical (unpaired) electrons. The molecule has 4 aromatic carbocycles. The number of fused-ring (bicyclic) bond motifs is 3. The molecule has 0 saturated carbocycles. The van der Waals surface area contributed by atoms with Gasteiger partial charge in [-0.25, -0.2) is 13.6 Å². The molecule has 0 N–H and O–H groups in total. The van der Waals surface area contributed by atoms with E-state index in [0.717, 1.165) is 29.7 Å². The molecule has 0 aliphatic carbocycles. The third kappa shape index (κ3) is 4.92. The Hall–Kier alpha value is -3.78. The number of nitriles is 1. The number of esters is 1. The average Bonchev–Trinajstić information content (AvgIpc) is 2.84. The number of ether oxygens (including phenoxy) is 1. The van der Waals surface area contributed by atoms with E-state index >= 15 is 4.39 Å². The molecule has 0 spiro atoms. The maximum atomic E-state index is 15.3. The minimum absolute atomic E-state index is 0.0956. The Morgan fingerprint density at radius 2 is 1.65 bits per heavy atom. The molecule has 172 valence electrons. The van der Waals surface area contributed by atoms with Gasteiger partial charge in [0.05, 0.1) is 11.1 Å². The predicted molar refractivity (Wildman–Crippen MR) is 130 cm³/mol. The van der Waals surface area contributed by atoms with Gasteiger partial charge in [-0.2, -0.15) is 5.26 Å². The monoisotopic (exact) mass is 457 g/mol. The number of hydrogen-bond donors (Lipinski definition) is 0. The van der Waals surface area contributed by atoms with E-state index in [1.54, 1.807) is 18.2 Å². The van der Waals surface area contributed by atoms with E-state index in [-0.39, 0.29) is 16.9 Å². The minimum Gasteiger partial charge on any atom is -0.423 e. The molecule has 5 heteroatoms. The fourth-order valence-electron chi connectivity index (χ4n) is 4.22. The van der Waals surface area contributed by atoms with Crippen molar-refractivity contribution in [2.75, 3.05) is 0 Å². The quantitative estimate of drug-likeness (QED) is 0.117. The van der Waals surface area contributed by atoms with Crippen LogP contribution in [0.25, 0.3) is 21.5 Å². The van der Waals surface area contributed by atoms with Crippen molar-refractivity contribution < 1.29 is 18.3 Å². The van der Waals surface area contributed by atoms with Crippen LogP contribution in [0.5, 0.6) is 5.75 Å². The Morgan fingerprint density at radius 1 is 0.882 bits per heavy atom. The van der Waals surface area contributed by atoms with Gasteiger partial charge in [0.15, 0.2) is 0 Å². The van der Waals surface area contributed by atoms with Gasteiger partial charge in [0.1, 0.15) is 23.5 Å². The van der Waals surface area contributed by atoms with Crippen LogP contribution in [0.1, 0.15) is 60.5 Å². The maximum Gasteiger partial charge on any atom is 0.346 e. The zero-order valence-electron chi connectivity index (χ0n) is 19.0. The van der Waals surface area contributed by atoms with Crippen molar-refractivity contribution in [1.82, 2.24) is 0 Å². The number of halogens is 2. The van der Waals surface area contributed by atoms with Crippen LogP contribution in [0.2, 0.25) is 0 Å². The number of aryl methyl sites for hydroxylation is 1. The van der Waals surface area contributed by atoms with Crippen LogP contribution in [0, 0.1) is 23.0 Å². The molecule has 0 bridgehead atoms. The van der Waals surface area contributed by atoms with Gasteiger partial charge >= 0.3 is 5.97 Å². The Morgan fingerprint density at radius 3 is 2.41 bits per heavy atom. The van der Waals surface area contributed by atoms with E-state index in [1.165, 1.54) is 49.4 Å². The highest BCUT2D eigenvalue weighted by atomic mass is 19.1. The number of rotatable bonds is 8. The van der Waals surface area contributed by atoms with Gasteiger partial charge in [-0.1, -0.05) is 69.0 Å². The Balaban J connectivity index is 1.57. The number of nitrogens with zero attached hydrogens (tertiary/aromatic N) is 1. The van der Waals surface area contributed by atoms with Gasteiger partial charge < -0.3 is 4.74 Å². The van der Waals surface area contributed by atoms with E-state index < -0.39 is 17.6 Å². The summed E-state index contributed by atoms with van der Waals surface area (Å²) in [4.78, 5) is 12.6. The molecule has 0 heterocycles. The van der Waals surface area contributed by atoms with Crippen molar-refractivity contribution >= 4 is 27.5 Å². The topological polar surface area (TPSA) is 50.1 Å². The van der Waals surface area contributed by atoms with Crippen LogP contribution in [0.3, 0.4) is 0 Å². The normalized spacial score (nSPS) is 11.0. The van der Waals surface area contributed by atoms with E-state index in [2.05, 4.69) is 19.1 Å². The van der Waals surface area contributed by atoms with Gasteiger partial charge in [0, 0.05) is 11.5 Å². The van der Waals surface area contributed by atoms with Gasteiger partial charge in [-0.05, 0) is 52.8 Å². The van der Waals surface area contributed by atoms with E-state index in [4.69, 9.17) is 10.00 Å². The molecule has 0 fully saturated rings. The highest BCUT2D eigenvalue weighted by Crippen LogP contribution is 2.30. The van der Waals surface area contributed by atoms with Gasteiger partial charge in [-0.3, -0.25) is 0 Å². The first-order valence-corrected chi connectivity index (χ1v) is 11.6. The van der Waals surface area contributed by atoms with E-state index in [9.17, 15) is 9.18 Å². The summed E-state index contributed by atoms with van der Waals surface area (Å²) in [6.07, 6.45) is 7.17. The van der Waals surface area contributed by atoms with Crippen molar-refractivity contribution in [1.29, 1.82) is 5.26 Å². The van der Waals surface area contributed by atoms with Crippen LogP contribution in [0.4, 0.5) is 8.78 Å². The lowest BCUT2D eigenvalue weighted by Crippen LogP contribution is -2.11. The molecule has 0 saturated heterocycles. The largest absolute Gasteiger partial charge is 0.423 e. The summed E-state index contributed by atoms with van der Waals surface area (Å²) >= 11 is 0. The highest BCUT2D eigenvalue weighted by molar-refractivity contribution is 6.09. The summed E-state index contributed by atoms with van der Waals surface area (Å²) in [6.45, 7) is 2.21. The second kappa shape index (κ2) is 10.4. The Labute approximate surface area is 197 Å². The van der Waals surface area contributed by atoms with Crippen LogP contribution in [0.15, 0.2) is 60.7 Å². The molecule has 0 aliphatic heterocycles. The lowest BCUT2D eigenvalue weighted by atomic mass is 9.96. The molecule has 0 unspecified atom stereocenters. The molecule has 0 aromatic heterocycles. The van der Waals surface area contributed by atoms with Crippen molar-refractivity contribution in [3.05, 3.63) is 89.0 Å². The Kier molecular flexibility index (Phi) is 7.18. The molecule has 3 nitrogen and oxygen atoms in total. The second-order valence-electron chi connectivity index (χ2n) is 8.45. The lowest BCUT2D eigenvalue weighted by molar-refractivity contribution is 0.0730. The zero-order valence-corrected chi connectivity index (χ0v) is 19.0. The molecule has 34 heavy (non-hydrogen) atoms. The second-order valence-corrected chi connectivity index (χ2v) is 8.45. The fourth-order valence-corrected chi connectivity index (χ4v) is 4.22. The molecule has 4 aromatic rings. The number of hydrogen-bond acceptors (Lipinski definition) is 3. The van der Waals surface area contributed by atoms with Crippen molar-refractivity contribution in [2.45, 2.75) is 45.4 Å². The highest BCUT2D eigenvalue weighted by Gasteiger charge is 2.18. The van der Waals surface area contributed by atoms with Crippen LogP contribution < -0.4 is 4.74 Å². The fraction of sp³-hybridized carbons (Fsp3) is 0.241. The van der Waals surface area contributed by atoms with Crippen molar-refractivity contribution in [3.63, 3.8) is 0 Å². The molecule has 4 rings (SSSR count). The summed E-state index contributed by atoms with van der Waals surface area (Å²) in [6, 6.07) is 18.0. The van der Waals surface area contributed by atoms with Crippen LogP contribution in [-0.4, -0.2) is 5.97 Å². The van der Waals surface area contributed by atoms with Gasteiger partial charge in [0.25, 0.3) is 0 Å². The maximum absolute atomic E-state index is 15.3. The number of benzene rings is 4. The predicted octanol–water partition coefficient (Wildman–Crippen LogP) is 7.87. The molecular weight excluding hydrogens is 432 g/mol. The third-order valence-electron chi connectivity index (χ3n) is 6.08. The van der Waals surface area contributed by atoms with E-state index in [0.29, 0.717) is 10.8 Å². The summed E-state index contributed by atoms with van der Waals surface area (Å²) < 4.78 is 34.2. The van der Waals surface area contributed by atoms with Gasteiger partial charge in [-0.15, -0.1) is 0 Å². The van der Waals surface area contributed by atoms with Crippen LogP contribution in [-0.2, 0) is 6.42 Å². The van der Waals surface area contributed by atoms with Gasteiger partial charge in [0.2, 0.25) is 0 Å². The summed E-state index contributed by atoms with van der Waals surface area (Å²) in [7, 11) is 0. The molecule has 0 aliphatic rings. The average molecular weight is 458 g/mol. The van der Waals surface area contributed by atoms with E-state index in [1.807, 2.05) is 12.1 Å². The first-order chi connectivity index (χ1) is 16.5. The molecule has 0 atom stereocenters. The third-order valence-corrected chi connectivity index (χ3v) is 6.08. The zero-order chi connectivity index (χ0) is 24.1. The van der Waals surface area contributed by atoms with Crippen molar-refractivity contribution in [2.24, 2.45) is 0 Å². The van der Waals surface area contributed by atoms with Crippen LogP contribution >= 0.6 is 0 Å². The minimum atomic E-state index is -0.929. The SMILES string of the molecule is CCCCCCCc1ccc2c(ccc3c(F)c(C(=O)Oc4ccc(C#N)c(F)c4)ccc32)c1. The standard InChI is InChI=1S/C29H25F2NO2/c1-2-3-4-5-6-7-19-8-12-23-20(16-19)10-13-25-24(23)14-15-26(28(25)31)29(33)34-22-11-9-21(18-32)27(30)17-22/h8-17H,2-7H2,1H3. The number of unbranched alkanes of at least 4 members (excludes halogenated alkanes) is 4. The smallest absolute Gasteiger partial charge is 0.346 e. The Bertz CT molecular complexity index is 1410. The number of carbonyl (C=O) groups is 1. The lowest BCUT2D eigenvalue weighted by Gasteiger charge is -2.10. The summed E-state index contributed by atoms with van der Waals surface area (Å²) in [5, 5.41) is 11.8. The van der Waals surface area contributed by atoms with Crippen molar-refractivity contribution in [3.8, 4) is 11.8 Å². The first kappa shape index (κ1) is 23.4. The first-order valence-electron chi connectivity index (χ1n) is 11.6. The summed E-state index contributed by atoms with van der Waals surface area (Å²) in [5.41, 5.74) is 0.863. The molecular formula is C29H25F2NO2. The molecule has 0 amide bonds.